The summed E-state index contributed by atoms with van der Waals surface area (Å²) in [6, 6.07) is 16.6. The molecule has 29 heavy (non-hydrogen) atoms. The van der Waals surface area contributed by atoms with Gasteiger partial charge in [0.2, 0.25) is 5.91 Å². The molecule has 0 heterocycles. The van der Waals surface area contributed by atoms with E-state index in [0.29, 0.717) is 11.2 Å². The van der Waals surface area contributed by atoms with E-state index in [9.17, 15) is 4.79 Å². The molecule has 0 radical (unpaired) electrons. The minimum atomic E-state index is 0.0459. The third-order valence-electron chi connectivity index (χ3n) is 7.27. The van der Waals surface area contributed by atoms with Crippen molar-refractivity contribution in [3.63, 3.8) is 0 Å². The van der Waals surface area contributed by atoms with Crippen LogP contribution in [0.4, 0.5) is 5.69 Å². The Hall–Kier alpha value is -1.45. The van der Waals surface area contributed by atoms with Gasteiger partial charge in [0.15, 0.2) is 0 Å². The van der Waals surface area contributed by atoms with Gasteiger partial charge in [0, 0.05) is 16.5 Å². The van der Waals surface area contributed by atoms with Crippen molar-refractivity contribution in [3.05, 3.63) is 64.7 Å². The van der Waals surface area contributed by atoms with Gasteiger partial charge in [0.1, 0.15) is 0 Å². The molecule has 0 unspecified atom stereocenters. The normalized spacial score (nSPS) is 29.8. The summed E-state index contributed by atoms with van der Waals surface area (Å²) >= 11 is 7.78. The second kappa shape index (κ2) is 8.00. The van der Waals surface area contributed by atoms with Crippen LogP contribution in [0.5, 0.6) is 0 Å². The molecule has 1 N–H and O–H groups in total. The second-order valence-corrected chi connectivity index (χ2v) is 10.8. The number of hydrogen-bond acceptors (Lipinski definition) is 2. The Balaban J connectivity index is 1.17. The zero-order valence-electron chi connectivity index (χ0n) is 16.7. The van der Waals surface area contributed by atoms with Gasteiger partial charge in [-0.3, -0.25) is 4.79 Å². The summed E-state index contributed by atoms with van der Waals surface area (Å²) in [6.45, 7) is 0. The Morgan fingerprint density at radius 2 is 1.59 bits per heavy atom. The number of anilines is 1. The van der Waals surface area contributed by atoms with E-state index in [1.54, 1.807) is 11.8 Å². The summed E-state index contributed by atoms with van der Waals surface area (Å²) in [6.07, 6.45) is 8.55. The molecule has 4 saturated carbocycles. The summed E-state index contributed by atoms with van der Waals surface area (Å²) in [5.41, 5.74) is 3.90. The number of carbonyl (C=O) groups is 1. The predicted octanol–water partition coefficient (Wildman–Crippen LogP) is 6.68. The monoisotopic (exact) mass is 425 g/mol. The van der Waals surface area contributed by atoms with E-state index in [1.807, 2.05) is 24.3 Å². The number of benzene rings is 2. The standard InChI is InChI=1S/C25H28ClNOS/c26-23-4-2-1-3-20(23)15-29-16-24(28)27-22-7-5-21(6-8-22)25-12-17-9-18(13-25)11-19(10-17)14-25/h1-8,17-19H,9-16H2,(H,27,28). The molecule has 4 aliphatic carbocycles. The quantitative estimate of drug-likeness (QED) is 0.559. The average Bonchev–Trinajstić information content (AvgIpc) is 2.69. The van der Waals surface area contributed by atoms with Crippen molar-refractivity contribution in [1.82, 2.24) is 0 Å². The minimum Gasteiger partial charge on any atom is -0.325 e. The smallest absolute Gasteiger partial charge is 0.234 e. The molecule has 2 aromatic carbocycles. The fraction of sp³-hybridized carbons (Fsp3) is 0.480. The molecule has 6 rings (SSSR count). The van der Waals surface area contributed by atoms with E-state index in [4.69, 9.17) is 11.6 Å². The molecule has 4 aliphatic rings. The van der Waals surface area contributed by atoms with Gasteiger partial charge in [-0.1, -0.05) is 41.9 Å². The summed E-state index contributed by atoms with van der Waals surface area (Å²) in [5, 5.41) is 3.82. The van der Waals surface area contributed by atoms with Crippen LogP contribution in [-0.4, -0.2) is 11.7 Å². The third-order valence-corrected chi connectivity index (χ3v) is 8.62. The number of halogens is 1. The highest BCUT2D eigenvalue weighted by Gasteiger charge is 2.51. The summed E-state index contributed by atoms with van der Waals surface area (Å²) in [4.78, 5) is 12.3. The Morgan fingerprint density at radius 1 is 0.966 bits per heavy atom. The fourth-order valence-corrected chi connectivity index (χ4v) is 7.55. The molecule has 2 nitrogen and oxygen atoms in total. The van der Waals surface area contributed by atoms with Crippen molar-refractivity contribution in [2.75, 3.05) is 11.1 Å². The Labute approximate surface area is 182 Å². The van der Waals surface area contributed by atoms with Gasteiger partial charge in [0.05, 0.1) is 5.75 Å². The molecule has 2 aromatic rings. The minimum absolute atomic E-state index is 0.0459. The first-order chi connectivity index (χ1) is 14.1. The van der Waals surface area contributed by atoms with Gasteiger partial charge >= 0.3 is 0 Å². The van der Waals surface area contributed by atoms with Crippen LogP contribution in [0.1, 0.15) is 49.7 Å². The Kier molecular flexibility index (Phi) is 5.38. The predicted molar refractivity (Wildman–Crippen MR) is 123 cm³/mol. The van der Waals surface area contributed by atoms with Gasteiger partial charge in [-0.25, -0.2) is 0 Å². The zero-order valence-corrected chi connectivity index (χ0v) is 18.3. The summed E-state index contributed by atoms with van der Waals surface area (Å²) < 4.78 is 0. The molecule has 0 aliphatic heterocycles. The largest absolute Gasteiger partial charge is 0.325 e. The molecule has 0 atom stereocenters. The molecule has 4 fully saturated rings. The van der Waals surface area contributed by atoms with Gasteiger partial charge in [0.25, 0.3) is 0 Å². The highest BCUT2D eigenvalue weighted by atomic mass is 35.5. The lowest BCUT2D eigenvalue weighted by Gasteiger charge is -2.57. The molecular formula is C25H28ClNOS. The topological polar surface area (TPSA) is 29.1 Å². The number of nitrogens with one attached hydrogen (secondary N) is 1. The van der Waals surface area contributed by atoms with Crippen LogP contribution < -0.4 is 5.32 Å². The van der Waals surface area contributed by atoms with Crippen molar-refractivity contribution in [1.29, 1.82) is 0 Å². The van der Waals surface area contributed by atoms with Gasteiger partial charge in [-0.15, -0.1) is 11.8 Å². The van der Waals surface area contributed by atoms with Gasteiger partial charge in [-0.2, -0.15) is 0 Å². The molecule has 152 valence electrons. The van der Waals surface area contributed by atoms with Crippen LogP contribution in [0.25, 0.3) is 0 Å². The van der Waals surface area contributed by atoms with Gasteiger partial charge < -0.3 is 5.32 Å². The summed E-state index contributed by atoms with van der Waals surface area (Å²) in [7, 11) is 0. The van der Waals surface area contributed by atoms with E-state index in [1.165, 1.54) is 44.1 Å². The number of thioether (sulfide) groups is 1. The van der Waals surface area contributed by atoms with Crippen molar-refractivity contribution >= 4 is 35.0 Å². The van der Waals surface area contributed by atoms with E-state index >= 15 is 0 Å². The molecule has 4 bridgehead atoms. The first-order valence-corrected chi connectivity index (χ1v) is 12.3. The molecule has 0 spiro atoms. The van der Waals surface area contributed by atoms with Crippen molar-refractivity contribution in [2.24, 2.45) is 17.8 Å². The molecule has 0 saturated heterocycles. The summed E-state index contributed by atoms with van der Waals surface area (Å²) in [5.74, 6) is 4.09. The zero-order chi connectivity index (χ0) is 19.8. The molecule has 0 aromatic heterocycles. The maximum absolute atomic E-state index is 12.3. The van der Waals surface area contributed by atoms with Crippen LogP contribution in [0.3, 0.4) is 0 Å². The SMILES string of the molecule is O=C(CSCc1ccccc1Cl)Nc1ccc(C23CC4CC(CC(C4)C2)C3)cc1. The molecule has 1 amide bonds. The van der Waals surface area contributed by atoms with Crippen LogP contribution in [-0.2, 0) is 16.0 Å². The van der Waals surface area contributed by atoms with E-state index in [2.05, 4.69) is 29.6 Å². The van der Waals surface area contributed by atoms with E-state index < -0.39 is 0 Å². The molecular weight excluding hydrogens is 398 g/mol. The Bertz CT molecular complexity index is 859. The number of rotatable bonds is 6. The van der Waals surface area contributed by atoms with Crippen LogP contribution >= 0.6 is 23.4 Å². The number of hydrogen-bond donors (Lipinski definition) is 1. The maximum Gasteiger partial charge on any atom is 0.234 e. The lowest BCUT2D eigenvalue weighted by atomic mass is 9.48. The second-order valence-electron chi connectivity index (χ2n) is 9.41. The van der Waals surface area contributed by atoms with Crippen molar-refractivity contribution in [3.8, 4) is 0 Å². The first kappa shape index (κ1) is 19.5. The first-order valence-electron chi connectivity index (χ1n) is 10.8. The van der Waals surface area contributed by atoms with Crippen molar-refractivity contribution in [2.45, 2.75) is 49.7 Å². The third kappa shape index (κ3) is 4.09. The van der Waals surface area contributed by atoms with Crippen LogP contribution in [0.2, 0.25) is 5.02 Å². The van der Waals surface area contributed by atoms with Crippen molar-refractivity contribution < 1.29 is 4.79 Å². The highest BCUT2D eigenvalue weighted by molar-refractivity contribution is 7.99. The average molecular weight is 426 g/mol. The molecule has 4 heteroatoms. The Morgan fingerprint density at radius 3 is 2.21 bits per heavy atom. The van der Waals surface area contributed by atoms with Crippen LogP contribution in [0.15, 0.2) is 48.5 Å². The number of carbonyl (C=O) groups excluding carboxylic acids is 1. The van der Waals surface area contributed by atoms with Gasteiger partial charge in [-0.05, 0) is 91.0 Å². The van der Waals surface area contributed by atoms with Crippen LogP contribution in [0, 0.1) is 17.8 Å². The lowest BCUT2D eigenvalue weighted by Crippen LogP contribution is -2.48. The fourth-order valence-electron chi connectivity index (χ4n) is 6.44. The maximum atomic E-state index is 12.3. The number of amides is 1. The highest BCUT2D eigenvalue weighted by Crippen LogP contribution is 2.60. The van der Waals surface area contributed by atoms with E-state index in [0.717, 1.165) is 39.8 Å². The lowest BCUT2D eigenvalue weighted by molar-refractivity contribution is -0.113. The van der Waals surface area contributed by atoms with E-state index in [-0.39, 0.29) is 5.91 Å².